The number of hydrogen-bond acceptors (Lipinski definition) is 4. The van der Waals surface area contributed by atoms with Crippen molar-refractivity contribution >= 4 is 22.6 Å². The summed E-state index contributed by atoms with van der Waals surface area (Å²) >= 11 is 1.36. The van der Waals surface area contributed by atoms with Gasteiger partial charge in [0.25, 0.3) is 0 Å². The Morgan fingerprint density at radius 1 is 1.37 bits per heavy atom. The molecule has 1 aromatic rings. The van der Waals surface area contributed by atoms with Gasteiger partial charge in [0.1, 0.15) is 12.2 Å². The number of hydrogen-bond donors (Lipinski definition) is 2. The zero-order valence-electron chi connectivity index (χ0n) is 9.87. The summed E-state index contributed by atoms with van der Waals surface area (Å²) in [5.74, 6) is -2.35. The molecule has 19 heavy (non-hydrogen) atoms. The van der Waals surface area contributed by atoms with Crippen LogP contribution in [0, 0.1) is 17.6 Å². The minimum absolute atomic E-state index is 0.0472. The van der Waals surface area contributed by atoms with Crippen molar-refractivity contribution in [3.63, 3.8) is 0 Å². The van der Waals surface area contributed by atoms with Gasteiger partial charge in [-0.3, -0.25) is 0 Å². The van der Waals surface area contributed by atoms with E-state index in [0.717, 1.165) is 6.07 Å². The Labute approximate surface area is 112 Å². The maximum Gasteiger partial charge on any atom is 0.164 e. The SMILES string of the molecule is NC1=N[C@](CF)(c2cc(N)cc(F)c2F)[C@@H]2C[C@@H]2S1. The Morgan fingerprint density at radius 3 is 2.79 bits per heavy atom. The van der Waals surface area contributed by atoms with Crippen molar-refractivity contribution in [2.75, 3.05) is 12.4 Å². The Balaban J connectivity index is 2.20. The first-order valence-electron chi connectivity index (χ1n) is 5.81. The number of fused-ring (bicyclic) bond motifs is 1. The molecule has 0 amide bonds. The number of anilines is 1. The molecule has 2 aliphatic rings. The number of halogens is 3. The lowest BCUT2D eigenvalue weighted by atomic mass is 9.85. The minimum Gasteiger partial charge on any atom is -0.399 e. The summed E-state index contributed by atoms with van der Waals surface area (Å²) in [4.78, 5) is 4.09. The average molecular weight is 287 g/mol. The lowest BCUT2D eigenvalue weighted by Gasteiger charge is -2.31. The fourth-order valence-electron chi connectivity index (χ4n) is 2.65. The van der Waals surface area contributed by atoms with Crippen molar-refractivity contribution in [3.05, 3.63) is 29.3 Å². The number of rotatable bonds is 2. The third kappa shape index (κ3) is 1.79. The Kier molecular flexibility index (Phi) is 2.70. The fourth-order valence-corrected chi connectivity index (χ4v) is 3.87. The predicted octanol–water partition coefficient (Wildman–Crippen LogP) is 2.16. The normalized spacial score (nSPS) is 32.7. The van der Waals surface area contributed by atoms with E-state index in [-0.39, 0.29) is 27.6 Å². The molecular formula is C12H12F3N3S. The monoisotopic (exact) mass is 287 g/mol. The maximum absolute atomic E-state index is 14.0. The van der Waals surface area contributed by atoms with E-state index in [1.54, 1.807) is 0 Å². The highest BCUT2D eigenvalue weighted by molar-refractivity contribution is 8.14. The topological polar surface area (TPSA) is 64.4 Å². The number of benzene rings is 1. The maximum atomic E-state index is 14.0. The molecule has 0 bridgehead atoms. The summed E-state index contributed by atoms with van der Waals surface area (Å²) in [6, 6.07) is 2.12. The molecule has 0 saturated heterocycles. The Morgan fingerprint density at radius 2 is 2.11 bits per heavy atom. The molecule has 1 heterocycles. The first-order valence-corrected chi connectivity index (χ1v) is 6.69. The summed E-state index contributed by atoms with van der Waals surface area (Å²) < 4.78 is 41.1. The van der Waals surface area contributed by atoms with E-state index in [1.165, 1.54) is 17.8 Å². The van der Waals surface area contributed by atoms with Crippen LogP contribution in [0.15, 0.2) is 17.1 Å². The predicted molar refractivity (Wildman–Crippen MR) is 69.5 cm³/mol. The molecule has 0 radical (unpaired) electrons. The molecule has 1 aliphatic carbocycles. The van der Waals surface area contributed by atoms with Crippen molar-refractivity contribution in [1.82, 2.24) is 0 Å². The highest BCUT2D eigenvalue weighted by Crippen LogP contribution is 2.58. The van der Waals surface area contributed by atoms with Crippen molar-refractivity contribution in [1.29, 1.82) is 0 Å². The quantitative estimate of drug-likeness (QED) is 0.819. The van der Waals surface area contributed by atoms with Gasteiger partial charge in [-0.15, -0.1) is 0 Å². The molecule has 4 N–H and O–H groups in total. The van der Waals surface area contributed by atoms with Crippen molar-refractivity contribution < 1.29 is 13.2 Å². The van der Waals surface area contributed by atoms with Crippen molar-refractivity contribution in [2.24, 2.45) is 16.6 Å². The highest BCUT2D eigenvalue weighted by Gasteiger charge is 2.58. The van der Waals surface area contributed by atoms with Crippen LogP contribution in [0.3, 0.4) is 0 Å². The van der Waals surface area contributed by atoms with Gasteiger partial charge in [0.05, 0.1) is 0 Å². The molecule has 3 nitrogen and oxygen atoms in total. The molecule has 1 saturated carbocycles. The zero-order valence-corrected chi connectivity index (χ0v) is 10.7. The third-order valence-corrected chi connectivity index (χ3v) is 4.80. The van der Waals surface area contributed by atoms with Crippen LogP contribution in [0.25, 0.3) is 0 Å². The van der Waals surface area contributed by atoms with Gasteiger partial charge in [-0.2, -0.15) is 0 Å². The molecular weight excluding hydrogens is 275 g/mol. The summed E-state index contributed by atoms with van der Waals surface area (Å²) in [6.45, 7) is -0.921. The number of thioether (sulfide) groups is 1. The van der Waals surface area contributed by atoms with Gasteiger partial charge in [0.15, 0.2) is 16.8 Å². The third-order valence-electron chi connectivity index (χ3n) is 3.65. The number of nitrogens with two attached hydrogens (primary N) is 2. The largest absolute Gasteiger partial charge is 0.399 e. The smallest absolute Gasteiger partial charge is 0.164 e. The molecule has 3 rings (SSSR count). The van der Waals surface area contributed by atoms with Gasteiger partial charge in [0, 0.05) is 22.4 Å². The van der Waals surface area contributed by atoms with E-state index in [2.05, 4.69) is 4.99 Å². The van der Waals surface area contributed by atoms with E-state index in [0.29, 0.717) is 6.42 Å². The standard InChI is InChI=1S/C12H12F3N3S/c13-4-12(6-3-9(6)19-11(17)18-12)7-1-5(16)2-8(14)10(7)15/h1-2,6,9H,3-4,16H2,(H2,17,18)/t6-,9+,12+/m1/s1. The van der Waals surface area contributed by atoms with Gasteiger partial charge in [-0.1, -0.05) is 11.8 Å². The molecule has 0 unspecified atom stereocenters. The van der Waals surface area contributed by atoms with Crippen LogP contribution >= 0.6 is 11.8 Å². The van der Waals surface area contributed by atoms with Gasteiger partial charge < -0.3 is 11.5 Å². The molecule has 0 spiro atoms. The second-order valence-electron chi connectivity index (χ2n) is 4.87. The van der Waals surface area contributed by atoms with E-state index in [1.807, 2.05) is 0 Å². The summed E-state index contributed by atoms with van der Waals surface area (Å²) in [6.07, 6.45) is 0.689. The molecule has 0 aromatic heterocycles. The number of alkyl halides is 1. The number of nitrogens with zero attached hydrogens (tertiary/aromatic N) is 1. The van der Waals surface area contributed by atoms with Crippen LogP contribution in [0.2, 0.25) is 0 Å². The van der Waals surface area contributed by atoms with Gasteiger partial charge >= 0.3 is 0 Å². The van der Waals surface area contributed by atoms with Crippen LogP contribution in [0.1, 0.15) is 12.0 Å². The van der Waals surface area contributed by atoms with E-state index in [4.69, 9.17) is 11.5 Å². The lowest BCUT2D eigenvalue weighted by molar-refractivity contribution is 0.269. The summed E-state index contributed by atoms with van der Waals surface area (Å²) in [5.41, 5.74) is 9.67. The first kappa shape index (κ1) is 12.7. The second-order valence-corrected chi connectivity index (χ2v) is 6.13. The molecule has 1 aromatic carbocycles. The first-order chi connectivity index (χ1) is 8.98. The van der Waals surface area contributed by atoms with Crippen LogP contribution < -0.4 is 11.5 Å². The van der Waals surface area contributed by atoms with Crippen LogP contribution in [-0.4, -0.2) is 17.1 Å². The van der Waals surface area contributed by atoms with Crippen molar-refractivity contribution in [3.8, 4) is 0 Å². The number of amidine groups is 1. The van der Waals surface area contributed by atoms with Crippen LogP contribution in [0.5, 0.6) is 0 Å². The molecule has 102 valence electrons. The molecule has 1 aliphatic heterocycles. The van der Waals surface area contributed by atoms with Crippen molar-refractivity contribution in [2.45, 2.75) is 17.2 Å². The lowest BCUT2D eigenvalue weighted by Crippen LogP contribution is -2.37. The Bertz CT molecular complexity index is 578. The van der Waals surface area contributed by atoms with Gasteiger partial charge in [-0.05, 0) is 18.6 Å². The number of nitrogen functional groups attached to an aromatic ring is 1. The number of aliphatic imine (C=N–C) groups is 1. The van der Waals surface area contributed by atoms with Gasteiger partial charge in [0.2, 0.25) is 0 Å². The van der Waals surface area contributed by atoms with E-state index < -0.39 is 23.8 Å². The van der Waals surface area contributed by atoms with E-state index >= 15 is 0 Å². The molecule has 3 atom stereocenters. The minimum atomic E-state index is -1.43. The van der Waals surface area contributed by atoms with Crippen LogP contribution in [-0.2, 0) is 5.54 Å². The van der Waals surface area contributed by atoms with Gasteiger partial charge in [-0.25, -0.2) is 18.2 Å². The molecule has 1 fully saturated rings. The molecule has 7 heteroatoms. The highest BCUT2D eigenvalue weighted by atomic mass is 32.2. The average Bonchev–Trinajstić information content (AvgIpc) is 3.12. The Hall–Kier alpha value is -1.37. The summed E-state index contributed by atoms with van der Waals surface area (Å²) in [5, 5.41) is 0.329. The van der Waals surface area contributed by atoms with E-state index in [9.17, 15) is 13.2 Å². The van der Waals surface area contributed by atoms with Crippen LogP contribution in [0.4, 0.5) is 18.9 Å². The fraction of sp³-hybridized carbons (Fsp3) is 0.417. The second kappa shape index (κ2) is 4.06. The summed E-state index contributed by atoms with van der Waals surface area (Å²) in [7, 11) is 0. The zero-order chi connectivity index (χ0) is 13.8.